The van der Waals surface area contributed by atoms with Gasteiger partial charge in [-0.15, -0.1) is 35.3 Å². The average Bonchev–Trinajstić information content (AvgIpc) is 3.18. The standard InChI is InChI=1S/C18H25FN6S.HI/c1-23(14-15-2-4-16(19)5-3-15)8-6-21-17(20)24-9-11-25(12-10-24)18-22-7-13-26-18;/h2-5,7,13H,6,8-12,14H2,1H3,(H2,20,21);1H. The molecule has 0 aliphatic carbocycles. The van der Waals surface area contributed by atoms with Gasteiger partial charge in [-0.1, -0.05) is 12.1 Å². The SMILES string of the molecule is CN(CCN=C(N)N1CCN(c2nccs2)CC1)Cc1ccc(F)cc1.I. The Kier molecular flexibility index (Phi) is 8.71. The first kappa shape index (κ1) is 21.8. The number of aliphatic imine (C=N–C) groups is 1. The number of hydrogen-bond acceptors (Lipinski definition) is 5. The Hall–Kier alpha value is -1.46. The number of piperazine rings is 1. The number of thiazole rings is 1. The van der Waals surface area contributed by atoms with Crippen LogP contribution in [0.2, 0.25) is 0 Å². The Bertz CT molecular complexity index is 701. The van der Waals surface area contributed by atoms with Gasteiger partial charge in [0, 0.05) is 50.8 Å². The summed E-state index contributed by atoms with van der Waals surface area (Å²) in [6, 6.07) is 6.60. The van der Waals surface area contributed by atoms with Crippen molar-refractivity contribution in [2.24, 2.45) is 10.7 Å². The number of benzene rings is 1. The molecule has 3 rings (SSSR count). The van der Waals surface area contributed by atoms with E-state index in [0.29, 0.717) is 12.5 Å². The topological polar surface area (TPSA) is 61.0 Å². The van der Waals surface area contributed by atoms with Crippen molar-refractivity contribution in [2.45, 2.75) is 6.54 Å². The smallest absolute Gasteiger partial charge is 0.191 e. The monoisotopic (exact) mass is 504 g/mol. The maximum atomic E-state index is 12.9. The largest absolute Gasteiger partial charge is 0.370 e. The molecule has 1 aliphatic heterocycles. The Morgan fingerprint density at radius 2 is 1.96 bits per heavy atom. The Labute approximate surface area is 180 Å². The molecule has 0 radical (unpaired) electrons. The highest BCUT2D eigenvalue weighted by Crippen LogP contribution is 2.18. The Morgan fingerprint density at radius 1 is 1.26 bits per heavy atom. The zero-order valence-corrected chi connectivity index (χ0v) is 18.6. The Balaban J connectivity index is 0.00000261. The lowest BCUT2D eigenvalue weighted by molar-refractivity contribution is 0.334. The number of aromatic nitrogens is 1. The number of halogens is 2. The third-order valence-electron chi connectivity index (χ3n) is 4.41. The average molecular weight is 504 g/mol. The van der Waals surface area contributed by atoms with E-state index < -0.39 is 0 Å². The first-order valence-corrected chi connectivity index (χ1v) is 9.62. The van der Waals surface area contributed by atoms with Crippen molar-refractivity contribution in [1.29, 1.82) is 0 Å². The summed E-state index contributed by atoms with van der Waals surface area (Å²) in [5.74, 6) is 0.405. The molecule has 0 saturated carbocycles. The van der Waals surface area contributed by atoms with Crippen molar-refractivity contribution >= 4 is 46.4 Å². The van der Waals surface area contributed by atoms with E-state index in [1.165, 1.54) is 12.1 Å². The highest BCUT2D eigenvalue weighted by atomic mass is 127. The molecule has 1 saturated heterocycles. The molecule has 1 fully saturated rings. The van der Waals surface area contributed by atoms with Crippen LogP contribution in [0.25, 0.3) is 0 Å². The first-order valence-electron chi connectivity index (χ1n) is 8.74. The van der Waals surface area contributed by atoms with E-state index in [1.54, 1.807) is 11.3 Å². The molecule has 2 N–H and O–H groups in total. The molecule has 1 aromatic heterocycles. The van der Waals surface area contributed by atoms with Gasteiger partial charge in [0.05, 0.1) is 6.54 Å². The first-order chi connectivity index (χ1) is 12.6. The second-order valence-electron chi connectivity index (χ2n) is 6.39. The zero-order chi connectivity index (χ0) is 18.4. The van der Waals surface area contributed by atoms with Crippen LogP contribution in [0.5, 0.6) is 0 Å². The van der Waals surface area contributed by atoms with Gasteiger partial charge in [0.15, 0.2) is 11.1 Å². The van der Waals surface area contributed by atoms with E-state index in [1.807, 2.05) is 30.8 Å². The van der Waals surface area contributed by atoms with Crippen LogP contribution in [0.4, 0.5) is 9.52 Å². The highest BCUT2D eigenvalue weighted by Gasteiger charge is 2.19. The maximum Gasteiger partial charge on any atom is 0.191 e. The summed E-state index contributed by atoms with van der Waals surface area (Å²) >= 11 is 1.67. The third kappa shape index (κ3) is 6.58. The molecular formula is C18H26FIN6S. The van der Waals surface area contributed by atoms with Crippen LogP contribution in [0, 0.1) is 5.82 Å². The number of hydrogen-bond donors (Lipinski definition) is 1. The highest BCUT2D eigenvalue weighted by molar-refractivity contribution is 14.0. The summed E-state index contributed by atoms with van der Waals surface area (Å²) in [6.07, 6.45) is 1.84. The van der Waals surface area contributed by atoms with Crippen molar-refractivity contribution in [3.8, 4) is 0 Å². The second-order valence-corrected chi connectivity index (χ2v) is 7.27. The van der Waals surface area contributed by atoms with E-state index in [4.69, 9.17) is 5.73 Å². The summed E-state index contributed by atoms with van der Waals surface area (Å²) in [6.45, 7) is 5.76. The number of nitrogens with zero attached hydrogens (tertiary/aromatic N) is 5. The van der Waals surface area contributed by atoms with Crippen LogP contribution < -0.4 is 10.6 Å². The fraction of sp³-hybridized carbons (Fsp3) is 0.444. The summed E-state index contributed by atoms with van der Waals surface area (Å²) in [4.78, 5) is 15.4. The van der Waals surface area contributed by atoms with Crippen LogP contribution >= 0.6 is 35.3 Å². The van der Waals surface area contributed by atoms with E-state index in [9.17, 15) is 4.39 Å². The molecule has 0 unspecified atom stereocenters. The van der Waals surface area contributed by atoms with Gasteiger partial charge in [0.1, 0.15) is 5.82 Å². The van der Waals surface area contributed by atoms with Crippen molar-refractivity contribution < 1.29 is 4.39 Å². The lowest BCUT2D eigenvalue weighted by Gasteiger charge is -2.35. The van der Waals surface area contributed by atoms with Crippen molar-refractivity contribution in [3.05, 3.63) is 47.2 Å². The van der Waals surface area contributed by atoms with Crippen LogP contribution in [0.3, 0.4) is 0 Å². The molecular weight excluding hydrogens is 478 g/mol. The van der Waals surface area contributed by atoms with Crippen LogP contribution in [0.1, 0.15) is 5.56 Å². The molecule has 27 heavy (non-hydrogen) atoms. The lowest BCUT2D eigenvalue weighted by atomic mass is 10.2. The molecule has 0 amide bonds. The van der Waals surface area contributed by atoms with Gasteiger partial charge < -0.3 is 20.4 Å². The molecule has 1 aromatic carbocycles. The minimum atomic E-state index is -0.205. The van der Waals surface area contributed by atoms with Gasteiger partial charge in [-0.25, -0.2) is 9.37 Å². The van der Waals surface area contributed by atoms with Crippen molar-refractivity contribution in [3.63, 3.8) is 0 Å². The molecule has 2 aromatic rings. The molecule has 2 heterocycles. The van der Waals surface area contributed by atoms with Crippen molar-refractivity contribution in [2.75, 3.05) is 51.2 Å². The van der Waals surface area contributed by atoms with Crippen LogP contribution in [-0.2, 0) is 6.54 Å². The van der Waals surface area contributed by atoms with Crippen LogP contribution in [0.15, 0.2) is 40.8 Å². The number of nitrogens with two attached hydrogens (primary N) is 1. The van der Waals surface area contributed by atoms with Gasteiger partial charge in [0.2, 0.25) is 0 Å². The van der Waals surface area contributed by atoms with Gasteiger partial charge in [-0.2, -0.15) is 0 Å². The predicted molar refractivity (Wildman–Crippen MR) is 121 cm³/mol. The number of likely N-dealkylation sites (N-methyl/N-ethyl adjacent to an activating group) is 1. The molecule has 6 nitrogen and oxygen atoms in total. The minimum Gasteiger partial charge on any atom is -0.370 e. The molecule has 1 aliphatic rings. The predicted octanol–water partition coefficient (Wildman–Crippen LogP) is 2.47. The molecule has 0 bridgehead atoms. The van der Waals surface area contributed by atoms with E-state index in [0.717, 1.165) is 50.0 Å². The second kappa shape index (κ2) is 10.8. The number of rotatable bonds is 6. The van der Waals surface area contributed by atoms with Crippen LogP contribution in [-0.4, -0.2) is 67.1 Å². The Morgan fingerprint density at radius 3 is 2.59 bits per heavy atom. The molecule has 0 atom stereocenters. The molecule has 148 valence electrons. The lowest BCUT2D eigenvalue weighted by Crippen LogP contribution is -2.51. The number of guanidine groups is 1. The summed E-state index contributed by atoms with van der Waals surface area (Å²) in [7, 11) is 2.03. The normalized spacial score (nSPS) is 15.1. The van der Waals surface area contributed by atoms with Crippen molar-refractivity contribution in [1.82, 2.24) is 14.8 Å². The van der Waals surface area contributed by atoms with Gasteiger partial charge >= 0.3 is 0 Å². The fourth-order valence-corrected chi connectivity index (χ4v) is 3.61. The minimum absolute atomic E-state index is 0. The van der Waals surface area contributed by atoms with E-state index in [2.05, 4.69) is 24.7 Å². The van der Waals surface area contributed by atoms with Gasteiger partial charge in [-0.3, -0.25) is 4.99 Å². The molecule has 9 heteroatoms. The summed E-state index contributed by atoms with van der Waals surface area (Å²) < 4.78 is 12.9. The van der Waals surface area contributed by atoms with E-state index in [-0.39, 0.29) is 29.8 Å². The maximum absolute atomic E-state index is 12.9. The zero-order valence-electron chi connectivity index (χ0n) is 15.4. The summed E-state index contributed by atoms with van der Waals surface area (Å²) in [5.41, 5.74) is 7.24. The quantitative estimate of drug-likeness (QED) is 0.372. The van der Waals surface area contributed by atoms with Gasteiger partial charge in [0.25, 0.3) is 0 Å². The fourth-order valence-electron chi connectivity index (χ4n) is 2.91. The van der Waals surface area contributed by atoms with E-state index >= 15 is 0 Å². The third-order valence-corrected chi connectivity index (χ3v) is 5.25. The van der Waals surface area contributed by atoms with Gasteiger partial charge in [-0.05, 0) is 24.7 Å². The molecule has 0 spiro atoms. The summed E-state index contributed by atoms with van der Waals surface area (Å²) in [5, 5.41) is 3.07. The number of anilines is 1.